The molecule has 0 atom stereocenters. The third kappa shape index (κ3) is 3.93. The van der Waals surface area contributed by atoms with E-state index >= 15 is 0 Å². The molecule has 6 rings (SSSR count). The van der Waals surface area contributed by atoms with E-state index in [2.05, 4.69) is 96.7 Å². The number of nitrogens with zero attached hydrogens (tertiary/aromatic N) is 3. The quantitative estimate of drug-likeness (QED) is 0.410. The van der Waals surface area contributed by atoms with Gasteiger partial charge >= 0.3 is 0 Å². The molecule has 2 N–H and O–H groups in total. The summed E-state index contributed by atoms with van der Waals surface area (Å²) in [5.74, 6) is 0. The highest BCUT2D eigenvalue weighted by Crippen LogP contribution is 2.45. The third-order valence-corrected chi connectivity index (χ3v) is 8.15. The van der Waals surface area contributed by atoms with Crippen molar-refractivity contribution in [3.8, 4) is 22.3 Å². The van der Waals surface area contributed by atoms with Crippen molar-refractivity contribution in [3.05, 3.63) is 71.5 Å². The van der Waals surface area contributed by atoms with Crippen LogP contribution in [0.1, 0.15) is 29.5 Å². The number of hydrogen-bond acceptors (Lipinski definition) is 4. The number of aromatic nitrogens is 2. The summed E-state index contributed by atoms with van der Waals surface area (Å²) in [7, 11) is 4.27. The zero-order valence-corrected chi connectivity index (χ0v) is 21.3. The molecule has 1 saturated heterocycles. The average Bonchev–Trinajstić information content (AvgIpc) is 3.56. The molecule has 2 aliphatic rings. The predicted octanol–water partition coefficient (Wildman–Crippen LogP) is 5.47. The first-order valence-corrected chi connectivity index (χ1v) is 12.8. The fourth-order valence-corrected chi connectivity index (χ4v) is 5.83. The van der Waals surface area contributed by atoms with Gasteiger partial charge in [0.15, 0.2) is 0 Å². The summed E-state index contributed by atoms with van der Waals surface area (Å²) in [5.41, 5.74) is 11.4. The lowest BCUT2D eigenvalue weighted by Crippen LogP contribution is -2.45. The molecule has 2 aromatic carbocycles. The van der Waals surface area contributed by atoms with Gasteiger partial charge in [0.25, 0.3) is 0 Å². The lowest BCUT2D eigenvalue weighted by Gasteiger charge is -2.36. The number of aryl methyl sites for hydroxylation is 2. The Hall–Kier alpha value is -3.15. The largest absolute Gasteiger partial charge is 0.369 e. The lowest BCUT2D eigenvalue weighted by atomic mass is 9.96. The average molecular weight is 466 g/mol. The Morgan fingerprint density at radius 2 is 1.57 bits per heavy atom. The van der Waals surface area contributed by atoms with E-state index in [4.69, 9.17) is 4.98 Å². The minimum atomic E-state index is 0.194. The summed E-state index contributed by atoms with van der Waals surface area (Å²) < 4.78 is 0. The Labute approximate surface area is 208 Å². The van der Waals surface area contributed by atoms with Crippen LogP contribution >= 0.6 is 0 Å². The molecule has 2 aromatic heterocycles. The number of hydrogen-bond donors (Lipinski definition) is 2. The lowest BCUT2D eigenvalue weighted by molar-refractivity contribution is 0.312. The first-order chi connectivity index (χ1) is 17.0. The van der Waals surface area contributed by atoms with Crippen molar-refractivity contribution in [2.45, 2.75) is 32.2 Å². The number of benzene rings is 2. The maximum Gasteiger partial charge on any atom is 0.137 e. The predicted molar refractivity (Wildman–Crippen MR) is 146 cm³/mol. The molecule has 180 valence electrons. The van der Waals surface area contributed by atoms with Gasteiger partial charge in [-0.15, -0.1) is 0 Å². The summed E-state index contributed by atoms with van der Waals surface area (Å²) >= 11 is 0. The van der Waals surface area contributed by atoms with E-state index in [-0.39, 0.29) is 5.54 Å². The molecule has 1 saturated carbocycles. The van der Waals surface area contributed by atoms with Crippen molar-refractivity contribution in [2.24, 2.45) is 0 Å². The van der Waals surface area contributed by atoms with E-state index in [1.54, 1.807) is 0 Å². The molecular weight excluding hydrogens is 430 g/mol. The van der Waals surface area contributed by atoms with Gasteiger partial charge in [0.05, 0.1) is 0 Å². The van der Waals surface area contributed by atoms with Crippen LogP contribution in [0.2, 0.25) is 0 Å². The van der Waals surface area contributed by atoms with Gasteiger partial charge in [0.2, 0.25) is 0 Å². The van der Waals surface area contributed by atoms with Crippen LogP contribution in [0.15, 0.2) is 54.9 Å². The molecule has 3 heterocycles. The van der Waals surface area contributed by atoms with Crippen LogP contribution in [0, 0.1) is 13.8 Å². The van der Waals surface area contributed by atoms with Gasteiger partial charge in [0, 0.05) is 66.3 Å². The SMILES string of the molecule is CNC1(c2ccc(-c3c[nH]c4ncc(-c5cc(C)c(N6CCN(C)CC6)c(C)c5)cc34)cc2)CC1. The van der Waals surface area contributed by atoms with E-state index in [0.717, 1.165) is 31.8 Å². The van der Waals surface area contributed by atoms with E-state index in [1.807, 2.05) is 6.20 Å². The number of anilines is 1. The molecule has 0 radical (unpaired) electrons. The van der Waals surface area contributed by atoms with E-state index in [1.165, 1.54) is 62.9 Å². The fourth-order valence-electron chi connectivity index (χ4n) is 5.83. The van der Waals surface area contributed by atoms with E-state index < -0.39 is 0 Å². The molecule has 1 aliphatic heterocycles. The van der Waals surface area contributed by atoms with Crippen molar-refractivity contribution < 1.29 is 0 Å². The Morgan fingerprint density at radius 1 is 0.886 bits per heavy atom. The minimum absolute atomic E-state index is 0.194. The number of piperazine rings is 1. The maximum atomic E-state index is 4.78. The summed E-state index contributed by atoms with van der Waals surface area (Å²) in [6.45, 7) is 8.91. The van der Waals surface area contributed by atoms with Gasteiger partial charge in [-0.25, -0.2) is 4.98 Å². The zero-order chi connectivity index (χ0) is 24.2. The van der Waals surface area contributed by atoms with E-state index in [0.29, 0.717) is 0 Å². The fraction of sp³-hybridized carbons (Fsp3) is 0.367. The number of pyridine rings is 1. The molecule has 5 nitrogen and oxygen atoms in total. The van der Waals surface area contributed by atoms with Crippen molar-refractivity contribution >= 4 is 16.7 Å². The van der Waals surface area contributed by atoms with Gasteiger partial charge in [-0.3, -0.25) is 0 Å². The molecule has 5 heteroatoms. The van der Waals surface area contributed by atoms with Gasteiger partial charge in [-0.1, -0.05) is 24.3 Å². The smallest absolute Gasteiger partial charge is 0.137 e. The standard InChI is InChI=1S/C30H35N5/c1-20-15-23(16-21(2)28(20)35-13-11-34(4)12-14-35)24-17-26-27(19-33-29(26)32-18-24)22-5-7-25(8-6-22)30(31-3)9-10-30/h5-8,15-19,31H,9-14H2,1-4H3,(H,32,33). The van der Waals surface area contributed by atoms with Crippen LogP contribution in [-0.2, 0) is 5.54 Å². The molecule has 4 aromatic rings. The Balaban J connectivity index is 1.33. The number of likely N-dealkylation sites (N-methyl/N-ethyl adjacent to an activating group) is 1. The van der Waals surface area contributed by atoms with Crippen LogP contribution in [-0.4, -0.2) is 55.1 Å². The van der Waals surface area contributed by atoms with Crippen LogP contribution < -0.4 is 10.2 Å². The third-order valence-electron chi connectivity index (χ3n) is 8.15. The molecule has 0 unspecified atom stereocenters. The van der Waals surface area contributed by atoms with Crippen LogP contribution in [0.5, 0.6) is 0 Å². The monoisotopic (exact) mass is 465 g/mol. The summed E-state index contributed by atoms with van der Waals surface area (Å²) in [6.07, 6.45) is 6.53. The van der Waals surface area contributed by atoms with Crippen LogP contribution in [0.25, 0.3) is 33.3 Å². The number of fused-ring (bicyclic) bond motifs is 1. The molecule has 35 heavy (non-hydrogen) atoms. The van der Waals surface area contributed by atoms with Crippen molar-refractivity contribution in [1.29, 1.82) is 0 Å². The van der Waals surface area contributed by atoms with Crippen LogP contribution in [0.4, 0.5) is 5.69 Å². The minimum Gasteiger partial charge on any atom is -0.369 e. The van der Waals surface area contributed by atoms with Crippen molar-refractivity contribution in [1.82, 2.24) is 20.2 Å². The second-order valence-electron chi connectivity index (χ2n) is 10.5. The summed E-state index contributed by atoms with van der Waals surface area (Å²) in [6, 6.07) is 16.0. The maximum absolute atomic E-state index is 4.78. The Kier molecular flexibility index (Phi) is 5.42. The second-order valence-corrected chi connectivity index (χ2v) is 10.5. The van der Waals surface area contributed by atoms with Gasteiger partial charge in [-0.05, 0) is 86.8 Å². The van der Waals surface area contributed by atoms with Crippen molar-refractivity contribution in [2.75, 3.05) is 45.2 Å². The van der Waals surface area contributed by atoms with E-state index in [9.17, 15) is 0 Å². The number of H-pyrrole nitrogens is 1. The zero-order valence-electron chi connectivity index (χ0n) is 21.3. The first-order valence-electron chi connectivity index (χ1n) is 12.8. The van der Waals surface area contributed by atoms with Gasteiger partial charge in [-0.2, -0.15) is 0 Å². The van der Waals surface area contributed by atoms with Crippen molar-refractivity contribution in [3.63, 3.8) is 0 Å². The number of aromatic amines is 1. The summed E-state index contributed by atoms with van der Waals surface area (Å²) in [4.78, 5) is 13.1. The molecule has 0 bridgehead atoms. The molecule has 0 spiro atoms. The molecule has 2 fully saturated rings. The normalized spacial score (nSPS) is 17.8. The van der Waals surface area contributed by atoms with Gasteiger partial charge < -0.3 is 20.1 Å². The Bertz CT molecular complexity index is 1350. The topological polar surface area (TPSA) is 47.2 Å². The molecule has 1 aliphatic carbocycles. The highest BCUT2D eigenvalue weighted by atomic mass is 15.2. The number of nitrogens with one attached hydrogen (secondary N) is 2. The highest BCUT2D eigenvalue weighted by molar-refractivity contribution is 5.96. The summed E-state index contributed by atoms with van der Waals surface area (Å²) in [5, 5.41) is 4.66. The second kappa shape index (κ2) is 8.51. The Morgan fingerprint density at radius 3 is 2.20 bits per heavy atom. The molecular formula is C30H35N5. The first kappa shape index (κ1) is 22.3. The number of rotatable bonds is 5. The van der Waals surface area contributed by atoms with Crippen LogP contribution in [0.3, 0.4) is 0 Å². The van der Waals surface area contributed by atoms with Gasteiger partial charge in [0.1, 0.15) is 5.65 Å². The highest BCUT2D eigenvalue weighted by Gasteiger charge is 2.42. The molecule has 0 amide bonds.